The second kappa shape index (κ2) is 8.32. The average molecular weight is 286 g/mol. The molecule has 21 heavy (non-hydrogen) atoms. The van der Waals surface area contributed by atoms with Crippen molar-refractivity contribution in [3.05, 3.63) is 60.7 Å². The highest BCUT2D eigenvalue weighted by atomic mass is 16.7. The summed E-state index contributed by atoms with van der Waals surface area (Å²) in [6, 6.07) is 19.3. The van der Waals surface area contributed by atoms with E-state index in [0.29, 0.717) is 0 Å². The van der Waals surface area contributed by atoms with Crippen molar-refractivity contribution in [3.63, 3.8) is 0 Å². The molecule has 0 saturated heterocycles. The summed E-state index contributed by atoms with van der Waals surface area (Å²) in [6.45, 7) is 2.20. The summed E-state index contributed by atoms with van der Waals surface area (Å²) >= 11 is 0. The fourth-order valence-electron chi connectivity index (χ4n) is 1.96. The number of benzene rings is 2. The van der Waals surface area contributed by atoms with Crippen LogP contribution in [0.25, 0.3) is 0 Å². The van der Waals surface area contributed by atoms with Crippen LogP contribution in [0.3, 0.4) is 0 Å². The molecule has 0 spiro atoms. The lowest BCUT2D eigenvalue weighted by atomic mass is 10.1. The standard InChI is InChI=1S/C18H22O3/c1-15(14-19)12-13-18(20-16-8-4-2-5-9-16)21-17-10-6-3-7-11-17/h2-11,15,18-19H,12-14H2,1H3. The summed E-state index contributed by atoms with van der Waals surface area (Å²) in [5.74, 6) is 1.82. The minimum atomic E-state index is -0.358. The predicted molar refractivity (Wildman–Crippen MR) is 83.4 cm³/mol. The minimum Gasteiger partial charge on any atom is -0.455 e. The van der Waals surface area contributed by atoms with E-state index in [0.717, 1.165) is 24.3 Å². The first-order valence-corrected chi connectivity index (χ1v) is 7.32. The molecule has 3 nitrogen and oxygen atoms in total. The van der Waals surface area contributed by atoms with Crippen molar-refractivity contribution in [2.45, 2.75) is 26.1 Å². The van der Waals surface area contributed by atoms with Gasteiger partial charge in [0.05, 0.1) is 0 Å². The Morgan fingerprint density at radius 3 is 1.71 bits per heavy atom. The van der Waals surface area contributed by atoms with Crippen molar-refractivity contribution in [2.24, 2.45) is 5.92 Å². The summed E-state index contributed by atoms with van der Waals surface area (Å²) in [5, 5.41) is 9.15. The zero-order valence-electron chi connectivity index (χ0n) is 12.3. The molecule has 0 aliphatic carbocycles. The van der Waals surface area contributed by atoms with Gasteiger partial charge in [-0.3, -0.25) is 0 Å². The normalized spacial score (nSPS) is 12.1. The lowest BCUT2D eigenvalue weighted by Crippen LogP contribution is -2.25. The zero-order valence-corrected chi connectivity index (χ0v) is 12.3. The van der Waals surface area contributed by atoms with E-state index in [1.807, 2.05) is 67.6 Å². The number of para-hydroxylation sites is 2. The Kier molecular flexibility index (Phi) is 6.10. The third-order valence-corrected chi connectivity index (χ3v) is 3.23. The van der Waals surface area contributed by atoms with E-state index in [-0.39, 0.29) is 18.8 Å². The second-order valence-electron chi connectivity index (χ2n) is 5.16. The lowest BCUT2D eigenvalue weighted by molar-refractivity contribution is -0.00619. The van der Waals surface area contributed by atoms with Crippen molar-refractivity contribution in [1.82, 2.24) is 0 Å². The maximum atomic E-state index is 9.15. The summed E-state index contributed by atoms with van der Waals surface area (Å²) in [7, 11) is 0. The Hall–Kier alpha value is -2.00. The second-order valence-corrected chi connectivity index (χ2v) is 5.16. The molecule has 2 aromatic carbocycles. The number of hydrogen-bond donors (Lipinski definition) is 1. The summed E-state index contributed by atoms with van der Waals surface area (Å²) in [4.78, 5) is 0. The predicted octanol–water partition coefficient (Wildman–Crippen LogP) is 3.88. The molecule has 2 aromatic rings. The Morgan fingerprint density at radius 2 is 1.29 bits per heavy atom. The van der Waals surface area contributed by atoms with E-state index in [9.17, 15) is 0 Å². The zero-order chi connectivity index (χ0) is 14.9. The molecular weight excluding hydrogens is 264 g/mol. The monoisotopic (exact) mass is 286 g/mol. The molecule has 0 aromatic heterocycles. The van der Waals surface area contributed by atoms with E-state index in [1.54, 1.807) is 0 Å². The molecule has 1 N–H and O–H groups in total. The van der Waals surface area contributed by atoms with Crippen molar-refractivity contribution in [2.75, 3.05) is 6.61 Å². The minimum absolute atomic E-state index is 0.184. The highest BCUT2D eigenvalue weighted by Gasteiger charge is 2.14. The molecule has 1 unspecified atom stereocenters. The van der Waals surface area contributed by atoms with Crippen molar-refractivity contribution in [1.29, 1.82) is 0 Å². The van der Waals surface area contributed by atoms with Crippen LogP contribution >= 0.6 is 0 Å². The highest BCUT2D eigenvalue weighted by molar-refractivity contribution is 5.23. The Bertz CT molecular complexity index is 457. The van der Waals surface area contributed by atoms with Gasteiger partial charge in [-0.2, -0.15) is 0 Å². The van der Waals surface area contributed by atoms with E-state index in [1.165, 1.54) is 0 Å². The van der Waals surface area contributed by atoms with Crippen LogP contribution in [0.1, 0.15) is 19.8 Å². The third kappa shape index (κ3) is 5.48. The fourth-order valence-corrected chi connectivity index (χ4v) is 1.96. The first-order valence-electron chi connectivity index (χ1n) is 7.32. The van der Waals surface area contributed by atoms with Gasteiger partial charge in [0.25, 0.3) is 0 Å². The van der Waals surface area contributed by atoms with E-state index < -0.39 is 0 Å². The molecular formula is C18H22O3. The van der Waals surface area contributed by atoms with Crippen LogP contribution < -0.4 is 9.47 Å². The van der Waals surface area contributed by atoms with Gasteiger partial charge in [-0.25, -0.2) is 0 Å². The molecule has 0 saturated carbocycles. The smallest absolute Gasteiger partial charge is 0.241 e. The number of aliphatic hydroxyl groups excluding tert-OH is 1. The molecule has 3 heteroatoms. The van der Waals surface area contributed by atoms with Crippen LogP contribution in [0, 0.1) is 5.92 Å². The van der Waals surface area contributed by atoms with Gasteiger partial charge in [0.15, 0.2) is 0 Å². The Balaban J connectivity index is 1.99. The first kappa shape index (κ1) is 15.4. The molecule has 0 fully saturated rings. The third-order valence-electron chi connectivity index (χ3n) is 3.23. The lowest BCUT2D eigenvalue weighted by Gasteiger charge is -2.21. The fraction of sp³-hybridized carbons (Fsp3) is 0.333. The van der Waals surface area contributed by atoms with Crippen molar-refractivity contribution < 1.29 is 14.6 Å². The molecule has 2 rings (SSSR count). The maximum Gasteiger partial charge on any atom is 0.241 e. The SMILES string of the molecule is CC(CO)CCC(Oc1ccccc1)Oc1ccccc1. The number of aliphatic hydroxyl groups is 1. The molecule has 1 atom stereocenters. The van der Waals surface area contributed by atoms with Gasteiger partial charge in [-0.1, -0.05) is 43.3 Å². The quantitative estimate of drug-likeness (QED) is 0.748. The number of ether oxygens (including phenoxy) is 2. The molecule has 0 heterocycles. The Morgan fingerprint density at radius 1 is 0.810 bits per heavy atom. The number of hydrogen-bond acceptors (Lipinski definition) is 3. The van der Waals surface area contributed by atoms with E-state index in [4.69, 9.17) is 14.6 Å². The van der Waals surface area contributed by atoms with Crippen LogP contribution in [0.4, 0.5) is 0 Å². The summed E-state index contributed by atoms with van der Waals surface area (Å²) in [5.41, 5.74) is 0. The van der Waals surface area contributed by atoms with Gasteiger partial charge < -0.3 is 14.6 Å². The van der Waals surface area contributed by atoms with Crippen LogP contribution in [0.5, 0.6) is 11.5 Å². The summed E-state index contributed by atoms with van der Waals surface area (Å²) in [6.07, 6.45) is 1.22. The van der Waals surface area contributed by atoms with Crippen molar-refractivity contribution in [3.8, 4) is 11.5 Å². The van der Waals surface area contributed by atoms with Crippen molar-refractivity contribution >= 4 is 0 Å². The average Bonchev–Trinajstić information content (AvgIpc) is 2.54. The van der Waals surface area contributed by atoms with Crippen LogP contribution in [0.2, 0.25) is 0 Å². The van der Waals surface area contributed by atoms with Gasteiger partial charge in [0, 0.05) is 13.0 Å². The van der Waals surface area contributed by atoms with Gasteiger partial charge >= 0.3 is 0 Å². The van der Waals surface area contributed by atoms with Gasteiger partial charge in [-0.15, -0.1) is 0 Å². The Labute approximate surface area is 126 Å². The van der Waals surface area contributed by atoms with E-state index >= 15 is 0 Å². The largest absolute Gasteiger partial charge is 0.455 e. The topological polar surface area (TPSA) is 38.7 Å². The summed E-state index contributed by atoms with van der Waals surface area (Å²) < 4.78 is 11.8. The molecule has 0 bridgehead atoms. The molecule has 0 aliphatic heterocycles. The van der Waals surface area contributed by atoms with E-state index in [2.05, 4.69) is 0 Å². The molecule has 0 radical (unpaired) electrons. The van der Waals surface area contributed by atoms with Crippen LogP contribution in [0.15, 0.2) is 60.7 Å². The molecule has 0 aliphatic rings. The maximum absolute atomic E-state index is 9.15. The van der Waals surface area contributed by atoms with Crippen LogP contribution in [-0.2, 0) is 0 Å². The van der Waals surface area contributed by atoms with Gasteiger partial charge in [-0.05, 0) is 36.6 Å². The first-order chi connectivity index (χ1) is 10.3. The molecule has 0 amide bonds. The van der Waals surface area contributed by atoms with Crippen LogP contribution in [-0.4, -0.2) is 18.0 Å². The van der Waals surface area contributed by atoms with Gasteiger partial charge in [0.1, 0.15) is 11.5 Å². The number of rotatable bonds is 8. The highest BCUT2D eigenvalue weighted by Crippen LogP contribution is 2.19. The van der Waals surface area contributed by atoms with Gasteiger partial charge in [0.2, 0.25) is 6.29 Å². The molecule has 112 valence electrons.